The maximum absolute atomic E-state index is 14.5. The third-order valence-electron chi connectivity index (χ3n) is 8.69. The molecule has 0 N–H and O–H groups in total. The Balaban J connectivity index is 1.78. The van der Waals surface area contributed by atoms with Crippen molar-refractivity contribution in [2.24, 2.45) is 18.4 Å². The second-order valence-corrected chi connectivity index (χ2v) is 10.6. The molecule has 0 aliphatic heterocycles. The number of carbonyl (C=O) groups is 1. The number of hydrogen-bond acceptors (Lipinski definition) is 3. The number of hydrogen-bond donors (Lipinski definition) is 0. The molecule has 1 fully saturated rings. The molecule has 4 aromatic rings. The van der Waals surface area contributed by atoms with E-state index in [0.717, 1.165) is 44.3 Å². The highest BCUT2D eigenvalue weighted by atomic mass is 16.1. The van der Waals surface area contributed by atoms with Crippen molar-refractivity contribution in [1.29, 1.82) is 10.5 Å². The van der Waals surface area contributed by atoms with Crippen LogP contribution in [0, 0.1) is 47.8 Å². The number of carbonyl (C=O) groups excluding carboxylic acids is 1. The van der Waals surface area contributed by atoms with Crippen LogP contribution in [0.1, 0.15) is 45.7 Å². The highest BCUT2D eigenvalue weighted by molar-refractivity contribution is 6.00. The molecule has 0 radical (unpaired) electrons. The number of nitrogens with zero attached hydrogens (tertiary/aromatic N) is 3. The standard InChI is InChI=1S/C32H27N3O/c1-20-7-11-23(12-8-20)32(24-13-9-21(2)10-14-24)28(36)15-26-30(32)25-17-35(3)27-6-4-5-22(29(25)27)16-31(26,18-33)19-34/h4-14,17,26,30H,15-16H2,1-3H3/t26-,30+/m0/s1. The SMILES string of the molecule is Cc1ccc(C2(c3ccc(C)cc3)C(=O)C[C@H]3[C@H]2c2cn(C)c4cccc(c24)CC3(C#N)C#N)cc1. The summed E-state index contributed by atoms with van der Waals surface area (Å²) in [5.74, 6) is -0.695. The first-order valence-electron chi connectivity index (χ1n) is 12.4. The predicted molar refractivity (Wildman–Crippen MR) is 139 cm³/mol. The minimum Gasteiger partial charge on any atom is -0.350 e. The first-order chi connectivity index (χ1) is 17.4. The first-order valence-corrected chi connectivity index (χ1v) is 12.4. The largest absolute Gasteiger partial charge is 0.350 e. The minimum atomic E-state index is -1.30. The lowest BCUT2D eigenvalue weighted by molar-refractivity contribution is -0.121. The molecule has 1 heterocycles. The lowest BCUT2D eigenvalue weighted by atomic mass is 9.60. The van der Waals surface area contributed by atoms with Crippen LogP contribution in [-0.4, -0.2) is 10.4 Å². The summed E-state index contributed by atoms with van der Waals surface area (Å²) in [5, 5.41) is 22.1. The van der Waals surface area contributed by atoms with Gasteiger partial charge in [-0.05, 0) is 42.2 Å². The van der Waals surface area contributed by atoms with Crippen molar-refractivity contribution in [3.63, 3.8) is 0 Å². The van der Waals surface area contributed by atoms with Crippen molar-refractivity contribution >= 4 is 16.7 Å². The van der Waals surface area contributed by atoms with E-state index in [1.54, 1.807) is 0 Å². The zero-order valence-electron chi connectivity index (χ0n) is 20.7. The molecule has 0 bridgehead atoms. The fraction of sp³-hybridized carbons (Fsp3) is 0.281. The molecule has 4 nitrogen and oxygen atoms in total. The van der Waals surface area contributed by atoms with E-state index in [0.29, 0.717) is 6.42 Å². The van der Waals surface area contributed by atoms with Crippen LogP contribution in [0.5, 0.6) is 0 Å². The summed E-state index contributed by atoms with van der Waals surface area (Å²) in [4.78, 5) is 14.5. The maximum Gasteiger partial charge on any atom is 0.151 e. The average Bonchev–Trinajstić information content (AvgIpc) is 3.35. The summed E-state index contributed by atoms with van der Waals surface area (Å²) >= 11 is 0. The Bertz CT molecular complexity index is 1550. The van der Waals surface area contributed by atoms with E-state index < -0.39 is 16.7 Å². The van der Waals surface area contributed by atoms with Crippen LogP contribution in [0.25, 0.3) is 10.9 Å². The number of benzene rings is 3. The summed E-state index contributed by atoms with van der Waals surface area (Å²) in [6, 6.07) is 27.4. The Hall–Kier alpha value is -4.15. The van der Waals surface area contributed by atoms with Gasteiger partial charge in [0.15, 0.2) is 5.41 Å². The summed E-state index contributed by atoms with van der Waals surface area (Å²) in [6.45, 7) is 4.08. The number of aryl methyl sites for hydroxylation is 3. The number of rotatable bonds is 2. The summed E-state index contributed by atoms with van der Waals surface area (Å²) in [7, 11) is 2.03. The van der Waals surface area contributed by atoms with E-state index in [4.69, 9.17) is 0 Å². The van der Waals surface area contributed by atoms with Gasteiger partial charge >= 0.3 is 0 Å². The van der Waals surface area contributed by atoms with E-state index in [1.807, 2.05) is 33.0 Å². The van der Waals surface area contributed by atoms with E-state index in [1.165, 1.54) is 0 Å². The van der Waals surface area contributed by atoms with Crippen LogP contribution in [-0.2, 0) is 23.7 Å². The smallest absolute Gasteiger partial charge is 0.151 e. The Morgan fingerprint density at radius 2 is 1.47 bits per heavy atom. The van der Waals surface area contributed by atoms with Crippen molar-refractivity contribution in [3.05, 3.63) is 106 Å². The van der Waals surface area contributed by atoms with E-state index >= 15 is 0 Å². The predicted octanol–water partition coefficient (Wildman–Crippen LogP) is 6.04. The summed E-state index contributed by atoms with van der Waals surface area (Å²) in [6.07, 6.45) is 2.64. The number of fused-ring (bicyclic) bond motifs is 2. The summed E-state index contributed by atoms with van der Waals surface area (Å²) in [5.41, 5.74) is 4.95. The molecule has 0 saturated heterocycles. The van der Waals surface area contributed by atoms with Crippen molar-refractivity contribution in [2.75, 3.05) is 0 Å². The molecule has 0 amide bonds. The summed E-state index contributed by atoms with van der Waals surface area (Å²) < 4.78 is 2.12. The average molecular weight is 470 g/mol. The van der Waals surface area contributed by atoms with Gasteiger partial charge in [0.05, 0.1) is 17.6 Å². The van der Waals surface area contributed by atoms with Crippen LogP contribution in [0.15, 0.2) is 72.9 Å². The van der Waals surface area contributed by atoms with Gasteiger partial charge < -0.3 is 4.57 Å². The lowest BCUT2D eigenvalue weighted by Gasteiger charge is -2.39. The van der Waals surface area contributed by atoms with Gasteiger partial charge in [-0.25, -0.2) is 0 Å². The van der Waals surface area contributed by atoms with Crippen LogP contribution < -0.4 is 0 Å². The molecule has 2 aliphatic carbocycles. The fourth-order valence-electron chi connectivity index (χ4n) is 6.98. The Morgan fingerprint density at radius 1 is 0.889 bits per heavy atom. The first kappa shape index (κ1) is 22.3. The Labute approximate surface area is 211 Å². The molecule has 1 saturated carbocycles. The minimum absolute atomic E-state index is 0.0801. The van der Waals surface area contributed by atoms with Gasteiger partial charge in [0, 0.05) is 48.8 Å². The van der Waals surface area contributed by atoms with E-state index in [9.17, 15) is 15.3 Å². The van der Waals surface area contributed by atoms with Crippen molar-refractivity contribution in [1.82, 2.24) is 4.57 Å². The van der Waals surface area contributed by atoms with Crippen molar-refractivity contribution in [3.8, 4) is 12.1 Å². The Morgan fingerprint density at radius 3 is 2.03 bits per heavy atom. The van der Waals surface area contributed by atoms with Crippen molar-refractivity contribution < 1.29 is 4.79 Å². The van der Waals surface area contributed by atoms with Gasteiger partial charge in [0.1, 0.15) is 5.78 Å². The van der Waals surface area contributed by atoms with Gasteiger partial charge in [-0.1, -0.05) is 71.8 Å². The van der Waals surface area contributed by atoms with Gasteiger partial charge in [0.25, 0.3) is 0 Å². The normalized spacial score (nSPS) is 21.4. The number of nitriles is 2. The monoisotopic (exact) mass is 469 g/mol. The zero-order chi connectivity index (χ0) is 25.2. The van der Waals surface area contributed by atoms with Crippen LogP contribution >= 0.6 is 0 Å². The zero-order valence-corrected chi connectivity index (χ0v) is 20.7. The quantitative estimate of drug-likeness (QED) is 0.359. The molecule has 3 aromatic carbocycles. The van der Waals surface area contributed by atoms with Gasteiger partial charge in [0.2, 0.25) is 0 Å². The molecule has 0 unspecified atom stereocenters. The third kappa shape index (κ3) is 2.76. The fourth-order valence-corrected chi connectivity index (χ4v) is 6.98. The van der Waals surface area contributed by atoms with Crippen LogP contribution in [0.4, 0.5) is 0 Å². The van der Waals surface area contributed by atoms with Gasteiger partial charge in [-0.3, -0.25) is 4.79 Å². The molecular formula is C32H27N3O. The topological polar surface area (TPSA) is 69.6 Å². The maximum atomic E-state index is 14.5. The highest BCUT2D eigenvalue weighted by Crippen LogP contribution is 2.63. The van der Waals surface area contributed by atoms with Gasteiger partial charge in [-0.2, -0.15) is 10.5 Å². The third-order valence-corrected chi connectivity index (χ3v) is 8.69. The molecule has 6 rings (SSSR count). The Kier molecular flexibility index (Phi) is 4.76. The second-order valence-electron chi connectivity index (χ2n) is 10.6. The molecule has 0 spiro atoms. The molecule has 176 valence electrons. The van der Waals surface area contributed by atoms with E-state index in [2.05, 4.69) is 77.5 Å². The number of Topliss-reactive ketones (excluding diaryl/α,β-unsaturated/α-hetero) is 1. The lowest BCUT2D eigenvalue weighted by Crippen LogP contribution is -2.40. The molecule has 36 heavy (non-hydrogen) atoms. The number of ketones is 1. The van der Waals surface area contributed by atoms with E-state index in [-0.39, 0.29) is 18.1 Å². The molecule has 2 aliphatic rings. The molecule has 2 atom stereocenters. The van der Waals surface area contributed by atoms with Crippen molar-refractivity contribution in [2.45, 2.75) is 38.0 Å². The number of aromatic nitrogens is 1. The molecular weight excluding hydrogens is 442 g/mol. The molecule has 4 heteroatoms. The van der Waals surface area contributed by atoms with Gasteiger partial charge in [-0.15, -0.1) is 0 Å². The molecule has 1 aromatic heterocycles. The highest BCUT2D eigenvalue weighted by Gasteiger charge is 2.64. The second kappa shape index (κ2) is 7.67. The van der Waals surface area contributed by atoms with Crippen LogP contribution in [0.2, 0.25) is 0 Å². The van der Waals surface area contributed by atoms with Crippen LogP contribution in [0.3, 0.4) is 0 Å².